The lowest BCUT2D eigenvalue weighted by molar-refractivity contribution is -0.130. The molecule has 236 valence electrons. The zero-order valence-corrected chi connectivity index (χ0v) is 26.2. The highest BCUT2D eigenvalue weighted by atomic mass is 16.2. The van der Waals surface area contributed by atoms with Gasteiger partial charge in [0.1, 0.15) is 11.9 Å². The van der Waals surface area contributed by atoms with Crippen molar-refractivity contribution in [3.05, 3.63) is 86.1 Å². The zero-order chi connectivity index (χ0) is 32.3. The molecule has 1 atom stereocenters. The van der Waals surface area contributed by atoms with Crippen molar-refractivity contribution in [3.8, 4) is 6.07 Å². The summed E-state index contributed by atoms with van der Waals surface area (Å²) in [6.45, 7) is 4.79. The number of H-pyrrole nitrogens is 1. The van der Waals surface area contributed by atoms with Gasteiger partial charge < -0.3 is 20.9 Å². The van der Waals surface area contributed by atoms with Crippen LogP contribution in [0.15, 0.2) is 41.2 Å². The van der Waals surface area contributed by atoms with Gasteiger partial charge in [0.15, 0.2) is 0 Å². The van der Waals surface area contributed by atoms with Crippen LogP contribution in [0, 0.1) is 11.3 Å². The van der Waals surface area contributed by atoms with Crippen molar-refractivity contribution in [1.29, 1.82) is 5.26 Å². The number of nitrogens with zero attached hydrogens (tertiary/aromatic N) is 4. The van der Waals surface area contributed by atoms with Gasteiger partial charge in [0.05, 0.1) is 24.1 Å². The van der Waals surface area contributed by atoms with Gasteiger partial charge in [0.2, 0.25) is 5.91 Å². The molecule has 1 aliphatic heterocycles. The fourth-order valence-electron chi connectivity index (χ4n) is 6.71. The molecule has 12 nitrogen and oxygen atoms in total. The highest BCUT2D eigenvalue weighted by molar-refractivity contribution is 5.95. The second-order valence-corrected chi connectivity index (χ2v) is 11.9. The van der Waals surface area contributed by atoms with Gasteiger partial charge in [-0.1, -0.05) is 12.1 Å². The topological polar surface area (TPSA) is 165 Å². The van der Waals surface area contributed by atoms with E-state index in [9.17, 15) is 24.4 Å². The van der Waals surface area contributed by atoms with Crippen LogP contribution < -0.4 is 21.6 Å². The average molecular weight is 613 g/mol. The number of aromatic amines is 1. The number of nitrogens with one attached hydrogen (secondary N) is 4. The molecular weight excluding hydrogens is 572 g/mol. The lowest BCUT2D eigenvalue weighted by Crippen LogP contribution is -2.42. The van der Waals surface area contributed by atoms with E-state index in [4.69, 9.17) is 5.10 Å². The molecule has 12 heteroatoms. The number of hydrogen-bond acceptors (Lipinski definition) is 7. The summed E-state index contributed by atoms with van der Waals surface area (Å²) in [5.74, 6) is -0.0921. The predicted molar refractivity (Wildman–Crippen MR) is 168 cm³/mol. The Bertz CT molecular complexity index is 1650. The molecule has 1 fully saturated rings. The van der Waals surface area contributed by atoms with Gasteiger partial charge in [-0.25, -0.2) is 9.48 Å². The first-order chi connectivity index (χ1) is 21.6. The Balaban J connectivity index is 1.64. The molecule has 45 heavy (non-hydrogen) atoms. The minimum Gasteiger partial charge on any atom is -0.355 e. The SMILES string of the molecule is CNC(=O)c1ccc2c(c1)CCc1cc(C(=O)NC)ccc1C2(CCNCC(=O)N1CCCC1C#N)c1nn(C(C)C)c(=O)[nH]1. The van der Waals surface area contributed by atoms with Crippen LogP contribution in [-0.2, 0) is 23.1 Å². The molecular formula is C33H40N8O4. The van der Waals surface area contributed by atoms with Crippen LogP contribution in [-0.4, -0.2) is 77.2 Å². The molecule has 3 aromatic rings. The molecule has 1 saturated heterocycles. The number of aromatic nitrogens is 3. The standard InChI is InChI=1S/C33H40N8O4/c1-20(2)41-32(45)38-31(39-41)33(13-14-37-19-28(42)40-15-5-6-25(40)18-34)26-11-9-23(29(43)35-3)16-21(26)7-8-22-17-24(30(44)36-4)10-12-27(22)33/h9-12,16-17,20,25,37H,5-8,13-15,19H2,1-4H3,(H,35,43)(H,36,44)(H,38,39,45). The van der Waals surface area contributed by atoms with Gasteiger partial charge in [0, 0.05) is 31.8 Å². The summed E-state index contributed by atoms with van der Waals surface area (Å²) in [5.41, 5.74) is 3.36. The molecule has 0 bridgehead atoms. The lowest BCUT2D eigenvalue weighted by atomic mass is 9.69. The Kier molecular flexibility index (Phi) is 9.20. The highest BCUT2D eigenvalue weighted by Crippen LogP contribution is 2.46. The fourth-order valence-corrected chi connectivity index (χ4v) is 6.71. The van der Waals surface area contributed by atoms with Gasteiger partial charge in [0.25, 0.3) is 11.8 Å². The van der Waals surface area contributed by atoms with Crippen molar-refractivity contribution in [3.63, 3.8) is 0 Å². The number of aryl methyl sites for hydroxylation is 2. The molecule has 2 aliphatic rings. The smallest absolute Gasteiger partial charge is 0.343 e. The summed E-state index contributed by atoms with van der Waals surface area (Å²) >= 11 is 0. The minimum absolute atomic E-state index is 0.0656. The van der Waals surface area contributed by atoms with Gasteiger partial charge in [-0.3, -0.25) is 19.4 Å². The molecule has 1 aromatic heterocycles. The number of benzene rings is 2. The first kappa shape index (κ1) is 31.7. The molecule has 2 heterocycles. The number of fused-ring (bicyclic) bond motifs is 2. The first-order valence-electron chi connectivity index (χ1n) is 15.4. The van der Waals surface area contributed by atoms with Crippen molar-refractivity contribution >= 4 is 17.7 Å². The fraction of sp³-hybridized carbons (Fsp3) is 0.455. The van der Waals surface area contributed by atoms with Crippen molar-refractivity contribution < 1.29 is 14.4 Å². The lowest BCUT2D eigenvalue weighted by Gasteiger charge is -2.35. The van der Waals surface area contributed by atoms with Crippen LogP contribution in [0.1, 0.15) is 87.9 Å². The van der Waals surface area contributed by atoms with E-state index >= 15 is 0 Å². The summed E-state index contributed by atoms with van der Waals surface area (Å²) in [5, 5.41) is 23.0. The second-order valence-electron chi connectivity index (χ2n) is 11.9. The van der Waals surface area contributed by atoms with Crippen molar-refractivity contribution in [2.75, 3.05) is 33.7 Å². The summed E-state index contributed by atoms with van der Waals surface area (Å²) in [6, 6.07) is 12.8. The Labute approximate surface area is 262 Å². The normalized spacial score (nSPS) is 16.8. The van der Waals surface area contributed by atoms with Crippen molar-refractivity contribution in [2.24, 2.45) is 0 Å². The molecule has 2 aromatic carbocycles. The molecule has 0 saturated carbocycles. The molecule has 5 rings (SSSR count). The maximum absolute atomic E-state index is 13.2. The van der Waals surface area contributed by atoms with Crippen molar-refractivity contribution in [2.45, 2.75) is 63.5 Å². The van der Waals surface area contributed by atoms with Gasteiger partial charge >= 0.3 is 5.69 Å². The second kappa shape index (κ2) is 13.1. The Morgan fingerprint density at radius 3 is 2.16 bits per heavy atom. The maximum atomic E-state index is 13.2. The Morgan fingerprint density at radius 1 is 1.04 bits per heavy atom. The van der Waals surface area contributed by atoms with Crippen molar-refractivity contribution in [1.82, 2.24) is 35.6 Å². The summed E-state index contributed by atoms with van der Waals surface area (Å²) in [7, 11) is 3.18. The van der Waals surface area contributed by atoms with Crippen LogP contribution in [0.4, 0.5) is 0 Å². The van der Waals surface area contributed by atoms with E-state index in [1.807, 2.05) is 38.1 Å². The third-order valence-electron chi connectivity index (χ3n) is 8.98. The molecule has 0 spiro atoms. The third kappa shape index (κ3) is 5.88. The maximum Gasteiger partial charge on any atom is 0.343 e. The number of carbonyl (C=O) groups excluding carboxylic acids is 3. The van der Waals surface area contributed by atoms with Gasteiger partial charge in [-0.05, 0) is 99.0 Å². The number of amides is 3. The number of hydrogen-bond donors (Lipinski definition) is 4. The van der Waals surface area contributed by atoms with Crippen LogP contribution >= 0.6 is 0 Å². The molecule has 3 amide bonds. The van der Waals surface area contributed by atoms with E-state index in [-0.39, 0.29) is 36.0 Å². The largest absolute Gasteiger partial charge is 0.355 e. The quantitative estimate of drug-likeness (QED) is 0.268. The number of carbonyl (C=O) groups is 3. The van der Waals surface area contributed by atoms with Crippen LogP contribution in [0.5, 0.6) is 0 Å². The van der Waals surface area contributed by atoms with E-state index in [1.54, 1.807) is 31.1 Å². The summed E-state index contributed by atoms with van der Waals surface area (Å²) < 4.78 is 1.42. The van der Waals surface area contributed by atoms with E-state index in [0.29, 0.717) is 55.7 Å². The third-order valence-corrected chi connectivity index (χ3v) is 8.98. The van der Waals surface area contributed by atoms with Gasteiger partial charge in [-0.15, -0.1) is 0 Å². The zero-order valence-electron chi connectivity index (χ0n) is 26.2. The first-order valence-corrected chi connectivity index (χ1v) is 15.4. The van der Waals surface area contributed by atoms with E-state index < -0.39 is 11.5 Å². The monoisotopic (exact) mass is 612 g/mol. The number of likely N-dealkylation sites (tertiary alicyclic amines) is 1. The van der Waals surface area contributed by atoms with Crippen LogP contribution in [0.3, 0.4) is 0 Å². The predicted octanol–water partition coefficient (Wildman–Crippen LogP) is 1.80. The van der Waals surface area contributed by atoms with E-state index in [2.05, 4.69) is 27.0 Å². The highest BCUT2D eigenvalue weighted by Gasteiger charge is 2.44. The molecule has 0 radical (unpaired) electrons. The number of nitriles is 1. The number of rotatable bonds is 9. The summed E-state index contributed by atoms with van der Waals surface area (Å²) in [6.07, 6.45) is 3.09. The minimum atomic E-state index is -0.984. The van der Waals surface area contributed by atoms with Crippen LogP contribution in [0.25, 0.3) is 0 Å². The Hall–Kier alpha value is -4.76. The average Bonchev–Trinajstić information content (AvgIpc) is 3.67. The van der Waals surface area contributed by atoms with E-state index in [1.165, 1.54) is 4.68 Å². The molecule has 1 unspecified atom stereocenters. The van der Waals surface area contributed by atoms with E-state index in [0.717, 1.165) is 28.7 Å². The Morgan fingerprint density at radius 2 is 1.64 bits per heavy atom. The molecule has 4 N–H and O–H groups in total. The molecule has 1 aliphatic carbocycles. The summed E-state index contributed by atoms with van der Waals surface area (Å²) in [4.78, 5) is 56.2. The van der Waals surface area contributed by atoms with Crippen LogP contribution in [0.2, 0.25) is 0 Å². The van der Waals surface area contributed by atoms with Gasteiger partial charge in [-0.2, -0.15) is 10.4 Å².